The van der Waals surface area contributed by atoms with Crippen LogP contribution in [0.4, 0.5) is 19.3 Å². The molecule has 2 aromatic rings. The molecule has 6 nitrogen and oxygen atoms in total. The maximum absolute atomic E-state index is 13.5. The van der Waals surface area contributed by atoms with Crippen LogP contribution in [0.15, 0.2) is 48.5 Å². The lowest BCUT2D eigenvalue weighted by molar-refractivity contribution is -0.124. The van der Waals surface area contributed by atoms with Crippen LogP contribution >= 0.6 is 0 Å². The molecule has 0 bridgehead atoms. The van der Waals surface area contributed by atoms with Gasteiger partial charge in [0.15, 0.2) is 0 Å². The molecule has 164 valence electrons. The minimum absolute atomic E-state index is 0.198. The van der Waals surface area contributed by atoms with Crippen molar-refractivity contribution in [3.05, 3.63) is 65.7 Å². The predicted molar refractivity (Wildman–Crippen MR) is 111 cm³/mol. The number of ether oxygens (including phenoxy) is 1. The average molecular weight is 429 g/mol. The van der Waals surface area contributed by atoms with E-state index >= 15 is 0 Å². The lowest BCUT2D eigenvalue weighted by Crippen LogP contribution is -2.42. The number of urea groups is 1. The lowest BCUT2D eigenvalue weighted by atomic mass is 9.71. The molecule has 0 aromatic heterocycles. The second-order valence-corrected chi connectivity index (χ2v) is 8.20. The van der Waals surface area contributed by atoms with Gasteiger partial charge in [0.05, 0.1) is 5.92 Å². The number of likely N-dealkylation sites (tertiary alicyclic amines) is 1. The monoisotopic (exact) mass is 429 g/mol. The number of anilines is 1. The van der Waals surface area contributed by atoms with Crippen molar-refractivity contribution in [2.45, 2.75) is 19.4 Å². The second-order valence-electron chi connectivity index (χ2n) is 8.20. The van der Waals surface area contributed by atoms with Gasteiger partial charge in [-0.25, -0.2) is 13.6 Å². The fraction of sp³-hybridized carbons (Fsp3) is 0.391. The molecule has 2 heterocycles. The summed E-state index contributed by atoms with van der Waals surface area (Å²) >= 11 is 0. The molecule has 0 unspecified atom stereocenters. The molecule has 4 rings (SSSR count). The highest BCUT2D eigenvalue weighted by Crippen LogP contribution is 2.44. The molecule has 1 atom stereocenters. The summed E-state index contributed by atoms with van der Waals surface area (Å²) in [5.74, 6) is -1.45. The zero-order valence-electron chi connectivity index (χ0n) is 17.1. The van der Waals surface area contributed by atoms with Crippen LogP contribution in [0.25, 0.3) is 0 Å². The van der Waals surface area contributed by atoms with Gasteiger partial charge in [-0.1, -0.05) is 18.2 Å². The Bertz CT molecular complexity index is 963. The van der Waals surface area contributed by atoms with Crippen molar-refractivity contribution >= 4 is 17.6 Å². The zero-order chi connectivity index (χ0) is 21.8. The first-order valence-electron chi connectivity index (χ1n) is 10.4. The van der Waals surface area contributed by atoms with Gasteiger partial charge in [0.2, 0.25) is 5.91 Å². The van der Waals surface area contributed by atoms with Gasteiger partial charge < -0.3 is 20.3 Å². The van der Waals surface area contributed by atoms with Crippen LogP contribution in [0.2, 0.25) is 0 Å². The highest BCUT2D eigenvalue weighted by Gasteiger charge is 2.51. The van der Waals surface area contributed by atoms with E-state index in [1.54, 1.807) is 23.1 Å². The number of carbonyl (C=O) groups excluding carboxylic acids is 2. The van der Waals surface area contributed by atoms with Crippen LogP contribution in [0, 0.1) is 23.0 Å². The number of benzene rings is 2. The SMILES string of the molecule is O=C(Nc1cccc(F)c1)[C@H]1CN(C(=O)NCc2cccc(F)c2)CC12CCOCC2. The molecule has 2 aliphatic heterocycles. The first-order valence-corrected chi connectivity index (χ1v) is 10.4. The lowest BCUT2D eigenvalue weighted by Gasteiger charge is -2.37. The van der Waals surface area contributed by atoms with E-state index in [9.17, 15) is 18.4 Å². The van der Waals surface area contributed by atoms with Crippen LogP contribution in [0.1, 0.15) is 18.4 Å². The minimum Gasteiger partial charge on any atom is -0.381 e. The van der Waals surface area contributed by atoms with E-state index in [0.717, 1.165) is 0 Å². The van der Waals surface area contributed by atoms with Crippen molar-refractivity contribution in [1.29, 1.82) is 0 Å². The van der Waals surface area contributed by atoms with Crippen LogP contribution < -0.4 is 10.6 Å². The number of halogens is 2. The maximum Gasteiger partial charge on any atom is 0.317 e. The van der Waals surface area contributed by atoms with Crippen LogP contribution in [-0.2, 0) is 16.1 Å². The summed E-state index contributed by atoms with van der Waals surface area (Å²) in [7, 11) is 0. The molecule has 2 saturated heterocycles. The number of nitrogens with zero attached hydrogens (tertiary/aromatic N) is 1. The van der Waals surface area contributed by atoms with E-state index in [1.807, 2.05) is 0 Å². The zero-order valence-corrected chi connectivity index (χ0v) is 17.1. The topological polar surface area (TPSA) is 70.7 Å². The molecule has 2 N–H and O–H groups in total. The number of hydrogen-bond acceptors (Lipinski definition) is 3. The Morgan fingerprint density at radius 2 is 1.77 bits per heavy atom. The molecule has 0 radical (unpaired) electrons. The molecule has 1 spiro atoms. The van der Waals surface area contributed by atoms with Gasteiger partial charge in [0, 0.05) is 44.0 Å². The van der Waals surface area contributed by atoms with Gasteiger partial charge in [-0.15, -0.1) is 0 Å². The molecule has 2 aromatic carbocycles. The van der Waals surface area contributed by atoms with E-state index in [2.05, 4.69) is 10.6 Å². The van der Waals surface area contributed by atoms with Gasteiger partial charge in [-0.3, -0.25) is 4.79 Å². The number of amides is 3. The number of carbonyl (C=O) groups is 2. The van der Waals surface area contributed by atoms with Gasteiger partial charge in [-0.2, -0.15) is 0 Å². The molecule has 0 aliphatic carbocycles. The van der Waals surface area contributed by atoms with Crippen molar-refractivity contribution < 1.29 is 23.1 Å². The molecular weight excluding hydrogens is 404 g/mol. The summed E-state index contributed by atoms with van der Waals surface area (Å²) in [4.78, 5) is 27.6. The standard InChI is InChI=1S/C23H25F2N3O3/c24-17-4-1-3-16(11-17)13-26-22(30)28-14-20(23(15-28)7-9-31-10-8-23)21(29)27-19-6-2-5-18(25)12-19/h1-6,11-12,20H,7-10,13-15H2,(H,26,30)(H,27,29)/t20-/m1/s1. The van der Waals surface area contributed by atoms with Crippen LogP contribution in [-0.4, -0.2) is 43.1 Å². The highest BCUT2D eigenvalue weighted by molar-refractivity contribution is 5.94. The van der Waals surface area contributed by atoms with Crippen molar-refractivity contribution in [2.75, 3.05) is 31.6 Å². The summed E-state index contributed by atoms with van der Waals surface area (Å²) in [5, 5.41) is 5.61. The highest BCUT2D eigenvalue weighted by atomic mass is 19.1. The molecule has 31 heavy (non-hydrogen) atoms. The van der Waals surface area contributed by atoms with E-state index in [-0.39, 0.29) is 36.3 Å². The molecule has 0 saturated carbocycles. The van der Waals surface area contributed by atoms with Crippen molar-refractivity contribution in [1.82, 2.24) is 10.2 Å². The van der Waals surface area contributed by atoms with Crippen LogP contribution in [0.3, 0.4) is 0 Å². The van der Waals surface area contributed by atoms with E-state index in [0.29, 0.717) is 43.9 Å². The summed E-state index contributed by atoms with van der Waals surface area (Å²) in [6.45, 7) is 1.96. The van der Waals surface area contributed by atoms with Crippen molar-refractivity contribution in [2.24, 2.45) is 11.3 Å². The molecule has 3 amide bonds. The predicted octanol–water partition coefficient (Wildman–Crippen LogP) is 3.54. The van der Waals surface area contributed by atoms with E-state index in [4.69, 9.17) is 4.74 Å². The smallest absolute Gasteiger partial charge is 0.317 e. The first-order chi connectivity index (χ1) is 14.9. The third kappa shape index (κ3) is 4.85. The summed E-state index contributed by atoms with van der Waals surface area (Å²) < 4.78 is 32.4. The Hall–Kier alpha value is -3.00. The summed E-state index contributed by atoms with van der Waals surface area (Å²) in [6.07, 6.45) is 1.34. The third-order valence-corrected chi connectivity index (χ3v) is 6.17. The molecule has 2 fully saturated rings. The Labute approximate surface area is 179 Å². The van der Waals surface area contributed by atoms with E-state index < -0.39 is 11.7 Å². The first kappa shape index (κ1) is 21.2. The van der Waals surface area contributed by atoms with Crippen molar-refractivity contribution in [3.63, 3.8) is 0 Å². The Kier molecular flexibility index (Phi) is 6.18. The largest absolute Gasteiger partial charge is 0.381 e. The Morgan fingerprint density at radius 1 is 1.06 bits per heavy atom. The third-order valence-electron chi connectivity index (χ3n) is 6.17. The number of hydrogen-bond donors (Lipinski definition) is 2. The fourth-order valence-corrected chi connectivity index (χ4v) is 4.50. The summed E-state index contributed by atoms with van der Waals surface area (Å²) in [6, 6.07) is 11.5. The maximum atomic E-state index is 13.5. The van der Waals surface area contributed by atoms with Gasteiger partial charge in [0.1, 0.15) is 11.6 Å². The normalized spacial score (nSPS) is 19.9. The minimum atomic E-state index is -0.431. The van der Waals surface area contributed by atoms with E-state index in [1.165, 1.54) is 30.3 Å². The fourth-order valence-electron chi connectivity index (χ4n) is 4.50. The number of rotatable bonds is 4. The van der Waals surface area contributed by atoms with Gasteiger partial charge in [-0.05, 0) is 48.7 Å². The molecule has 2 aliphatic rings. The van der Waals surface area contributed by atoms with Crippen LogP contribution in [0.5, 0.6) is 0 Å². The second kappa shape index (κ2) is 9.01. The Balaban J connectivity index is 1.45. The molecular formula is C23H25F2N3O3. The average Bonchev–Trinajstić information content (AvgIpc) is 3.11. The molecule has 8 heteroatoms. The van der Waals surface area contributed by atoms with Gasteiger partial charge in [0.25, 0.3) is 0 Å². The van der Waals surface area contributed by atoms with Gasteiger partial charge >= 0.3 is 6.03 Å². The van der Waals surface area contributed by atoms with Crippen molar-refractivity contribution in [3.8, 4) is 0 Å². The number of nitrogens with one attached hydrogen (secondary N) is 2. The summed E-state index contributed by atoms with van der Waals surface area (Å²) in [5.41, 5.74) is 0.668. The Morgan fingerprint density at radius 3 is 2.48 bits per heavy atom. The quantitative estimate of drug-likeness (QED) is 0.781.